The average Bonchev–Trinajstić information content (AvgIpc) is 2.90. The molecule has 0 bridgehead atoms. The van der Waals surface area contributed by atoms with Crippen molar-refractivity contribution in [2.75, 3.05) is 39.3 Å². The highest BCUT2D eigenvalue weighted by atomic mass is 16.5. The molecule has 5 atom stereocenters. The lowest BCUT2D eigenvalue weighted by atomic mass is 10.0. The number of amides is 1. The van der Waals surface area contributed by atoms with Gasteiger partial charge in [-0.1, -0.05) is 0 Å². The lowest BCUT2D eigenvalue weighted by Crippen LogP contribution is -2.57. The predicted molar refractivity (Wildman–Crippen MR) is 88.1 cm³/mol. The number of ether oxygens (including phenoxy) is 1. The third-order valence-electron chi connectivity index (χ3n) is 5.46. The molecule has 0 aliphatic carbocycles. The molecule has 1 amide bonds. The van der Waals surface area contributed by atoms with Crippen LogP contribution in [0.1, 0.15) is 25.7 Å². The standard InChI is InChI=1S/C16H30N4O4/c17-10-12-16(23)15(22)11(24-12)9-14(21)20-7-5-19(6-8-20)13-3-1-2-4-18-13/h11-13,15-16,18,22-23H,1-10,17H2. The summed E-state index contributed by atoms with van der Waals surface area (Å²) in [6.45, 7) is 4.34. The summed E-state index contributed by atoms with van der Waals surface area (Å²) in [6.07, 6.45) is 0.900. The topological polar surface area (TPSA) is 111 Å². The number of piperazine rings is 1. The van der Waals surface area contributed by atoms with Gasteiger partial charge >= 0.3 is 0 Å². The molecule has 0 spiro atoms. The number of rotatable bonds is 4. The van der Waals surface area contributed by atoms with Crippen molar-refractivity contribution < 1.29 is 19.7 Å². The summed E-state index contributed by atoms with van der Waals surface area (Å²) >= 11 is 0. The SMILES string of the molecule is NCC1OC(CC(=O)N2CCN(C3CCCCN3)CC2)C(O)C1O. The van der Waals surface area contributed by atoms with Crippen LogP contribution in [-0.4, -0.2) is 95.8 Å². The highest BCUT2D eigenvalue weighted by Crippen LogP contribution is 2.24. The summed E-state index contributed by atoms with van der Waals surface area (Å²) in [7, 11) is 0. The van der Waals surface area contributed by atoms with Gasteiger partial charge in [-0.15, -0.1) is 0 Å². The molecule has 0 aromatic carbocycles. The smallest absolute Gasteiger partial charge is 0.225 e. The number of aliphatic hydroxyl groups is 2. The summed E-state index contributed by atoms with van der Waals surface area (Å²) in [5, 5.41) is 23.4. The first-order valence-corrected chi connectivity index (χ1v) is 9.07. The van der Waals surface area contributed by atoms with E-state index < -0.39 is 24.4 Å². The van der Waals surface area contributed by atoms with Crippen molar-refractivity contribution in [3.8, 4) is 0 Å². The first-order chi connectivity index (χ1) is 11.6. The van der Waals surface area contributed by atoms with Crippen LogP contribution in [0, 0.1) is 0 Å². The van der Waals surface area contributed by atoms with Gasteiger partial charge in [-0.2, -0.15) is 0 Å². The molecular weight excluding hydrogens is 312 g/mol. The lowest BCUT2D eigenvalue weighted by molar-refractivity contribution is -0.137. The molecule has 138 valence electrons. The van der Waals surface area contributed by atoms with E-state index in [0.29, 0.717) is 19.3 Å². The number of hydrogen-bond acceptors (Lipinski definition) is 7. The predicted octanol–water partition coefficient (Wildman–Crippen LogP) is -1.93. The van der Waals surface area contributed by atoms with E-state index in [4.69, 9.17) is 10.5 Å². The van der Waals surface area contributed by atoms with Crippen LogP contribution < -0.4 is 11.1 Å². The van der Waals surface area contributed by atoms with Crippen molar-refractivity contribution in [1.29, 1.82) is 0 Å². The fourth-order valence-electron chi connectivity index (χ4n) is 3.92. The highest BCUT2D eigenvalue weighted by Gasteiger charge is 2.43. The Balaban J connectivity index is 1.45. The maximum atomic E-state index is 12.5. The van der Waals surface area contributed by atoms with E-state index in [0.717, 1.165) is 19.6 Å². The zero-order valence-electron chi connectivity index (χ0n) is 14.1. The summed E-state index contributed by atoms with van der Waals surface area (Å²) in [6, 6.07) is 0. The summed E-state index contributed by atoms with van der Waals surface area (Å²) in [4.78, 5) is 16.7. The molecule has 3 fully saturated rings. The normalized spacial score (nSPS) is 38.5. The third-order valence-corrected chi connectivity index (χ3v) is 5.46. The molecule has 3 aliphatic rings. The van der Waals surface area contributed by atoms with E-state index in [2.05, 4.69) is 10.2 Å². The van der Waals surface area contributed by atoms with Gasteiger partial charge in [0.2, 0.25) is 5.91 Å². The molecule has 0 aromatic heterocycles. The molecule has 3 aliphatic heterocycles. The monoisotopic (exact) mass is 342 g/mol. The molecule has 24 heavy (non-hydrogen) atoms. The minimum Gasteiger partial charge on any atom is -0.388 e. The maximum Gasteiger partial charge on any atom is 0.225 e. The minimum absolute atomic E-state index is 0.0276. The van der Waals surface area contributed by atoms with E-state index in [1.807, 2.05) is 4.90 Å². The number of carbonyl (C=O) groups excluding carboxylic acids is 1. The van der Waals surface area contributed by atoms with Crippen LogP contribution in [0.25, 0.3) is 0 Å². The fraction of sp³-hybridized carbons (Fsp3) is 0.938. The van der Waals surface area contributed by atoms with Crippen molar-refractivity contribution in [1.82, 2.24) is 15.1 Å². The Labute approximate surface area is 142 Å². The number of nitrogens with one attached hydrogen (secondary N) is 1. The van der Waals surface area contributed by atoms with Crippen molar-refractivity contribution in [3.05, 3.63) is 0 Å². The Morgan fingerprint density at radius 1 is 1.12 bits per heavy atom. The van der Waals surface area contributed by atoms with Crippen LogP contribution in [0.15, 0.2) is 0 Å². The largest absolute Gasteiger partial charge is 0.388 e. The summed E-state index contributed by atoms with van der Waals surface area (Å²) < 4.78 is 5.52. The number of nitrogens with zero attached hydrogens (tertiary/aromatic N) is 2. The van der Waals surface area contributed by atoms with E-state index in [1.165, 1.54) is 19.3 Å². The Kier molecular flexibility index (Phi) is 6.07. The van der Waals surface area contributed by atoms with Gasteiger partial charge in [0.25, 0.3) is 0 Å². The molecular formula is C16H30N4O4. The van der Waals surface area contributed by atoms with Crippen molar-refractivity contribution in [2.45, 2.75) is 56.3 Å². The van der Waals surface area contributed by atoms with E-state index >= 15 is 0 Å². The summed E-state index contributed by atoms with van der Waals surface area (Å²) in [5.41, 5.74) is 5.51. The average molecular weight is 342 g/mol. The van der Waals surface area contributed by atoms with E-state index in [-0.39, 0.29) is 18.9 Å². The maximum absolute atomic E-state index is 12.5. The Hall–Kier alpha value is -0.770. The second-order valence-corrected chi connectivity index (χ2v) is 7.02. The van der Waals surface area contributed by atoms with Crippen LogP contribution in [0.4, 0.5) is 0 Å². The fourth-order valence-corrected chi connectivity index (χ4v) is 3.92. The molecule has 0 saturated carbocycles. The molecule has 0 radical (unpaired) electrons. The molecule has 3 saturated heterocycles. The van der Waals surface area contributed by atoms with E-state index in [1.54, 1.807) is 0 Å². The first-order valence-electron chi connectivity index (χ1n) is 9.07. The minimum atomic E-state index is -1.05. The molecule has 8 heteroatoms. The Morgan fingerprint density at radius 2 is 1.83 bits per heavy atom. The van der Waals surface area contributed by atoms with Gasteiger partial charge in [0.1, 0.15) is 12.2 Å². The number of piperidine rings is 1. The quantitative estimate of drug-likeness (QED) is 0.471. The van der Waals surface area contributed by atoms with Crippen LogP contribution in [0.3, 0.4) is 0 Å². The second kappa shape index (κ2) is 8.07. The third kappa shape index (κ3) is 3.89. The number of hydrogen-bond donors (Lipinski definition) is 4. The van der Waals surface area contributed by atoms with Crippen molar-refractivity contribution in [3.63, 3.8) is 0 Å². The van der Waals surface area contributed by atoms with Gasteiger partial charge < -0.3 is 30.9 Å². The summed E-state index contributed by atoms with van der Waals surface area (Å²) in [5.74, 6) is -0.0276. The Morgan fingerprint density at radius 3 is 2.42 bits per heavy atom. The Bertz CT molecular complexity index is 424. The van der Waals surface area contributed by atoms with Gasteiger partial charge in [0.15, 0.2) is 0 Å². The molecule has 3 rings (SSSR count). The molecule has 3 heterocycles. The second-order valence-electron chi connectivity index (χ2n) is 7.02. The van der Waals surface area contributed by atoms with Crippen LogP contribution in [0.5, 0.6) is 0 Å². The molecule has 0 aromatic rings. The highest BCUT2D eigenvalue weighted by molar-refractivity contribution is 5.77. The number of aliphatic hydroxyl groups excluding tert-OH is 2. The van der Waals surface area contributed by atoms with Crippen molar-refractivity contribution >= 4 is 5.91 Å². The zero-order chi connectivity index (χ0) is 17.1. The van der Waals surface area contributed by atoms with Gasteiger partial charge in [0.05, 0.1) is 24.8 Å². The molecule has 8 nitrogen and oxygen atoms in total. The first kappa shape index (κ1) is 18.0. The molecule has 5 N–H and O–H groups in total. The number of carbonyl (C=O) groups is 1. The van der Waals surface area contributed by atoms with Crippen LogP contribution in [0.2, 0.25) is 0 Å². The zero-order valence-corrected chi connectivity index (χ0v) is 14.1. The van der Waals surface area contributed by atoms with Crippen LogP contribution in [-0.2, 0) is 9.53 Å². The van der Waals surface area contributed by atoms with Crippen molar-refractivity contribution in [2.24, 2.45) is 5.73 Å². The van der Waals surface area contributed by atoms with Gasteiger partial charge in [-0.25, -0.2) is 0 Å². The lowest BCUT2D eigenvalue weighted by Gasteiger charge is -2.41. The number of nitrogens with two attached hydrogens (primary N) is 1. The molecule has 5 unspecified atom stereocenters. The van der Waals surface area contributed by atoms with Crippen LogP contribution >= 0.6 is 0 Å². The van der Waals surface area contributed by atoms with Gasteiger partial charge in [-0.05, 0) is 25.8 Å². The van der Waals surface area contributed by atoms with Gasteiger partial charge in [0, 0.05) is 32.7 Å². The van der Waals surface area contributed by atoms with E-state index in [9.17, 15) is 15.0 Å². The van der Waals surface area contributed by atoms with Gasteiger partial charge in [-0.3, -0.25) is 9.69 Å².